The van der Waals surface area contributed by atoms with Gasteiger partial charge in [-0.25, -0.2) is 15.3 Å². The van der Waals surface area contributed by atoms with Gasteiger partial charge in [0.1, 0.15) is 31.2 Å². The van der Waals surface area contributed by atoms with Crippen LogP contribution in [0.3, 0.4) is 0 Å². The van der Waals surface area contributed by atoms with Crippen LogP contribution < -0.4 is 16.9 Å². The first-order valence-corrected chi connectivity index (χ1v) is 9.14. The van der Waals surface area contributed by atoms with Crippen molar-refractivity contribution in [3.8, 4) is 0 Å². The molecular formula is C16H25N5O8. The van der Waals surface area contributed by atoms with E-state index in [1.54, 1.807) is 5.48 Å². The number of aliphatic hydroxyl groups is 2. The molecule has 13 nitrogen and oxygen atoms in total. The molecule has 1 aromatic heterocycles. The van der Waals surface area contributed by atoms with Gasteiger partial charge in [-0.2, -0.15) is 4.98 Å². The van der Waals surface area contributed by atoms with Crippen molar-refractivity contribution in [1.29, 1.82) is 0 Å². The number of nitrogens with two attached hydrogens (primary N) is 1. The predicted molar refractivity (Wildman–Crippen MR) is 95.2 cm³/mol. The minimum Gasteiger partial charge on any atom is -0.463 e. The van der Waals surface area contributed by atoms with Gasteiger partial charge in [0.15, 0.2) is 6.23 Å². The largest absolute Gasteiger partial charge is 0.463 e. The Morgan fingerprint density at radius 1 is 1.21 bits per heavy atom. The summed E-state index contributed by atoms with van der Waals surface area (Å²) < 4.78 is 11.4. The molecule has 0 aliphatic carbocycles. The number of ether oxygens (including phenoxy) is 2. The van der Waals surface area contributed by atoms with Crippen molar-refractivity contribution in [2.75, 3.05) is 12.3 Å². The van der Waals surface area contributed by atoms with E-state index in [4.69, 9.17) is 20.4 Å². The van der Waals surface area contributed by atoms with Gasteiger partial charge < -0.3 is 25.4 Å². The smallest absolute Gasteiger partial charge is 0.354 e. The van der Waals surface area contributed by atoms with Gasteiger partial charge in [0.05, 0.1) is 0 Å². The second-order valence-corrected chi connectivity index (χ2v) is 6.58. The predicted octanol–water partition coefficient (Wildman–Crippen LogP) is -1.77. The summed E-state index contributed by atoms with van der Waals surface area (Å²) in [5.74, 6) is -1.19. The summed E-state index contributed by atoms with van der Waals surface area (Å²) in [5.41, 5.74) is 6.06. The van der Waals surface area contributed by atoms with Gasteiger partial charge in [0, 0.05) is 12.8 Å². The fraction of sp³-hybridized carbons (Fsp3) is 0.688. The molecule has 1 fully saturated rings. The van der Waals surface area contributed by atoms with Crippen molar-refractivity contribution in [2.45, 2.75) is 63.1 Å². The number of carbonyl (C=O) groups is 2. The molecule has 13 heteroatoms. The van der Waals surface area contributed by atoms with Gasteiger partial charge in [-0.05, 0) is 12.8 Å². The number of hydrogen-bond acceptors (Lipinski definition) is 11. The summed E-state index contributed by atoms with van der Waals surface area (Å²) in [7, 11) is 0. The van der Waals surface area contributed by atoms with Crippen molar-refractivity contribution in [1.82, 2.24) is 20.0 Å². The molecule has 4 atom stereocenters. The number of rotatable bonds is 10. The van der Waals surface area contributed by atoms with E-state index in [2.05, 4.69) is 9.97 Å². The minimum atomic E-state index is -1.44. The summed E-state index contributed by atoms with van der Waals surface area (Å²) in [6, 6.07) is 0. The highest BCUT2D eigenvalue weighted by Gasteiger charge is 2.44. The van der Waals surface area contributed by atoms with Gasteiger partial charge in [0.25, 0.3) is 0 Å². The highest BCUT2D eigenvalue weighted by molar-refractivity contribution is 5.74. The van der Waals surface area contributed by atoms with Crippen molar-refractivity contribution >= 4 is 17.8 Å². The average molecular weight is 415 g/mol. The lowest BCUT2D eigenvalue weighted by Crippen LogP contribution is -2.36. The second-order valence-electron chi connectivity index (χ2n) is 6.58. The Kier molecular flexibility index (Phi) is 8.45. The zero-order chi connectivity index (χ0) is 21.4. The lowest BCUT2D eigenvalue weighted by molar-refractivity contribution is -0.150. The Morgan fingerprint density at radius 3 is 2.55 bits per heavy atom. The first kappa shape index (κ1) is 22.7. The number of hydroxylamine groups is 1. The van der Waals surface area contributed by atoms with E-state index < -0.39 is 42.1 Å². The van der Waals surface area contributed by atoms with E-state index in [0.717, 1.165) is 17.3 Å². The summed E-state index contributed by atoms with van der Waals surface area (Å²) >= 11 is 0. The molecule has 1 amide bonds. The molecule has 0 aromatic carbocycles. The van der Waals surface area contributed by atoms with Crippen LogP contribution >= 0.6 is 0 Å². The Hall–Kier alpha value is -2.61. The van der Waals surface area contributed by atoms with E-state index >= 15 is 0 Å². The summed E-state index contributed by atoms with van der Waals surface area (Å²) in [6.07, 6.45) is -1.12. The summed E-state index contributed by atoms with van der Waals surface area (Å²) in [4.78, 5) is 41.6. The fourth-order valence-corrected chi connectivity index (χ4v) is 2.84. The van der Waals surface area contributed by atoms with Crippen LogP contribution in [0.1, 0.15) is 44.8 Å². The maximum atomic E-state index is 11.8. The number of nitrogens with zero attached hydrogens (tertiary/aromatic N) is 3. The molecule has 0 spiro atoms. The molecule has 6 N–H and O–H groups in total. The van der Waals surface area contributed by atoms with Crippen LogP contribution in [0.2, 0.25) is 0 Å². The quantitative estimate of drug-likeness (QED) is 0.125. The van der Waals surface area contributed by atoms with E-state index in [0.29, 0.717) is 19.3 Å². The van der Waals surface area contributed by atoms with Crippen LogP contribution in [0, 0.1) is 0 Å². The van der Waals surface area contributed by atoms with E-state index in [-0.39, 0.29) is 25.4 Å². The molecule has 0 saturated carbocycles. The number of esters is 1. The zero-order valence-electron chi connectivity index (χ0n) is 15.6. The van der Waals surface area contributed by atoms with E-state index in [1.165, 1.54) is 0 Å². The SMILES string of the molecule is Nc1ncn([C@@H]2O[C@H](COC(=O)CCCCCCC(=O)NO)[C@@H](O)[C@H]2O)c(=O)n1. The summed E-state index contributed by atoms with van der Waals surface area (Å²) in [6.45, 7) is -0.297. The van der Waals surface area contributed by atoms with Crippen LogP contribution in [0.15, 0.2) is 11.1 Å². The Balaban J connectivity index is 1.73. The van der Waals surface area contributed by atoms with E-state index in [1.807, 2.05) is 0 Å². The zero-order valence-corrected chi connectivity index (χ0v) is 15.6. The third kappa shape index (κ3) is 6.45. The normalized spacial score (nSPS) is 23.7. The van der Waals surface area contributed by atoms with Gasteiger partial charge in [0.2, 0.25) is 11.9 Å². The standard InChI is InChI=1S/C16H25N5O8/c17-15-18-8-21(16(26)19-15)14-13(25)12(24)9(29-14)7-28-11(23)6-4-2-1-3-5-10(22)20-27/h8-9,12-14,24-25,27H,1-7H2,(H,20,22)(H2,17,19,26)/t9-,12-,13-,14-/m1/s1. The van der Waals surface area contributed by atoms with Gasteiger partial charge >= 0.3 is 11.7 Å². The Bertz CT molecular complexity index is 757. The van der Waals surface area contributed by atoms with Gasteiger partial charge in [-0.3, -0.25) is 19.4 Å². The van der Waals surface area contributed by atoms with Crippen LogP contribution in [0.25, 0.3) is 0 Å². The maximum Gasteiger partial charge on any atom is 0.354 e. The van der Waals surface area contributed by atoms with Crippen LogP contribution in [0.4, 0.5) is 5.95 Å². The molecule has 2 heterocycles. The fourth-order valence-electron chi connectivity index (χ4n) is 2.84. The molecule has 1 saturated heterocycles. The number of unbranched alkanes of at least 4 members (excludes halogenated alkanes) is 3. The first-order valence-electron chi connectivity index (χ1n) is 9.14. The highest BCUT2D eigenvalue weighted by atomic mass is 16.6. The number of aliphatic hydroxyl groups excluding tert-OH is 2. The van der Waals surface area contributed by atoms with Gasteiger partial charge in [-0.1, -0.05) is 12.8 Å². The molecule has 1 aromatic rings. The number of nitrogens with one attached hydrogen (secondary N) is 1. The van der Waals surface area contributed by atoms with Crippen molar-refractivity contribution in [3.63, 3.8) is 0 Å². The molecule has 29 heavy (non-hydrogen) atoms. The number of carbonyl (C=O) groups excluding carboxylic acids is 2. The number of hydrogen-bond donors (Lipinski definition) is 5. The van der Waals surface area contributed by atoms with Crippen molar-refractivity contribution in [2.24, 2.45) is 0 Å². The van der Waals surface area contributed by atoms with Crippen molar-refractivity contribution in [3.05, 3.63) is 16.8 Å². The summed E-state index contributed by atoms with van der Waals surface area (Å²) in [5, 5.41) is 28.6. The first-order chi connectivity index (χ1) is 13.8. The maximum absolute atomic E-state index is 11.8. The van der Waals surface area contributed by atoms with Crippen LogP contribution in [-0.2, 0) is 19.1 Å². The van der Waals surface area contributed by atoms with E-state index in [9.17, 15) is 24.6 Å². The third-order valence-corrected chi connectivity index (χ3v) is 4.42. The molecule has 1 aliphatic rings. The van der Waals surface area contributed by atoms with Crippen LogP contribution in [-0.4, -0.2) is 66.8 Å². The molecule has 0 unspecified atom stereocenters. The minimum absolute atomic E-state index is 0.145. The monoisotopic (exact) mass is 415 g/mol. The highest BCUT2D eigenvalue weighted by Crippen LogP contribution is 2.28. The number of amides is 1. The second kappa shape index (κ2) is 10.8. The lowest BCUT2D eigenvalue weighted by atomic mass is 10.1. The number of anilines is 1. The number of aromatic nitrogens is 3. The lowest BCUT2D eigenvalue weighted by Gasteiger charge is -2.16. The van der Waals surface area contributed by atoms with Gasteiger partial charge in [-0.15, -0.1) is 0 Å². The topological polar surface area (TPSA) is 199 Å². The van der Waals surface area contributed by atoms with Crippen molar-refractivity contribution < 1.29 is 34.5 Å². The van der Waals surface area contributed by atoms with Crippen LogP contribution in [0.5, 0.6) is 0 Å². The number of nitrogen functional groups attached to an aromatic ring is 1. The third-order valence-electron chi connectivity index (χ3n) is 4.42. The molecule has 2 rings (SSSR count). The molecule has 0 bridgehead atoms. The average Bonchev–Trinajstić information content (AvgIpc) is 2.97. The molecular weight excluding hydrogens is 390 g/mol. The molecule has 162 valence electrons. The Morgan fingerprint density at radius 2 is 1.90 bits per heavy atom. The molecule has 0 radical (unpaired) electrons. The molecule has 1 aliphatic heterocycles. The Labute approximate surface area is 165 Å².